The van der Waals surface area contributed by atoms with E-state index in [9.17, 15) is 20.4 Å². The van der Waals surface area contributed by atoms with Gasteiger partial charge < -0.3 is 35.0 Å². The highest BCUT2D eigenvalue weighted by Crippen LogP contribution is 2.25. The molecule has 0 radical (unpaired) electrons. The van der Waals surface area contributed by atoms with Crippen molar-refractivity contribution in [2.24, 2.45) is 0 Å². The van der Waals surface area contributed by atoms with Gasteiger partial charge in [-0.2, -0.15) is 0 Å². The van der Waals surface area contributed by atoms with Gasteiger partial charge >= 0.3 is 0 Å². The van der Waals surface area contributed by atoms with Gasteiger partial charge in [0.1, 0.15) is 36.3 Å². The summed E-state index contributed by atoms with van der Waals surface area (Å²) in [5.74, 6) is 0.400. The van der Waals surface area contributed by atoms with Crippen molar-refractivity contribution in [3.05, 3.63) is 30.3 Å². The summed E-state index contributed by atoms with van der Waals surface area (Å²) in [6.45, 7) is -0.650. The van der Waals surface area contributed by atoms with E-state index in [1.54, 1.807) is 30.3 Å². The molecule has 0 aliphatic carbocycles. The molecule has 0 saturated carbocycles. The van der Waals surface area contributed by atoms with Crippen molar-refractivity contribution in [2.45, 2.75) is 36.8 Å². The van der Waals surface area contributed by atoms with Crippen LogP contribution < -0.4 is 4.74 Å². The second kappa shape index (κ2) is 6.49. The second-order valence-electron chi connectivity index (χ2n) is 4.62. The average Bonchev–Trinajstić information content (AvgIpc) is 2.48. The Labute approximate surface area is 115 Å². The molecular formula is C13H18O7. The zero-order valence-corrected chi connectivity index (χ0v) is 10.6. The lowest BCUT2D eigenvalue weighted by Crippen LogP contribution is -2.62. The molecule has 1 saturated heterocycles. The molecule has 7 heteroatoms. The quantitative estimate of drug-likeness (QED) is 0.444. The van der Waals surface area contributed by atoms with Gasteiger partial charge in [-0.1, -0.05) is 18.2 Å². The van der Waals surface area contributed by atoms with E-state index in [4.69, 9.17) is 14.6 Å². The average molecular weight is 286 g/mol. The summed E-state index contributed by atoms with van der Waals surface area (Å²) in [6.07, 6.45) is -8.47. The highest BCUT2D eigenvalue weighted by atomic mass is 16.7. The second-order valence-corrected chi connectivity index (χ2v) is 4.62. The van der Waals surface area contributed by atoms with Crippen molar-refractivity contribution in [3.8, 4) is 5.75 Å². The SMILES string of the molecule is OC[C@@H](O)[C@@H]1O[C@@H](Oc2ccccc2)[C@H](O)[C@H](O)[C@@H]1O. The number of hydrogen-bond acceptors (Lipinski definition) is 7. The van der Waals surface area contributed by atoms with E-state index in [2.05, 4.69) is 0 Å². The topological polar surface area (TPSA) is 120 Å². The molecule has 0 aromatic heterocycles. The smallest absolute Gasteiger partial charge is 0.229 e. The Hall–Kier alpha value is -1.22. The van der Waals surface area contributed by atoms with Gasteiger partial charge in [-0.15, -0.1) is 0 Å². The first-order valence-corrected chi connectivity index (χ1v) is 6.25. The maximum Gasteiger partial charge on any atom is 0.229 e. The van der Waals surface area contributed by atoms with Crippen molar-refractivity contribution in [3.63, 3.8) is 0 Å². The van der Waals surface area contributed by atoms with Crippen LogP contribution in [0.5, 0.6) is 5.75 Å². The van der Waals surface area contributed by atoms with Crippen molar-refractivity contribution in [1.29, 1.82) is 0 Å². The Balaban J connectivity index is 2.11. The van der Waals surface area contributed by atoms with Crippen LogP contribution in [0, 0.1) is 0 Å². The molecule has 1 heterocycles. The lowest BCUT2D eigenvalue weighted by atomic mass is 9.95. The number of para-hydroxylation sites is 1. The van der Waals surface area contributed by atoms with Gasteiger partial charge in [-0.25, -0.2) is 0 Å². The highest BCUT2D eigenvalue weighted by Gasteiger charge is 2.47. The fourth-order valence-electron chi connectivity index (χ4n) is 2.03. The molecule has 112 valence electrons. The Morgan fingerprint density at radius 2 is 1.70 bits per heavy atom. The van der Waals surface area contributed by atoms with E-state index < -0.39 is 43.4 Å². The molecule has 0 bridgehead atoms. The zero-order valence-electron chi connectivity index (χ0n) is 10.6. The van der Waals surface area contributed by atoms with Crippen LogP contribution in [0.3, 0.4) is 0 Å². The lowest BCUT2D eigenvalue weighted by molar-refractivity contribution is -0.290. The molecule has 0 amide bonds. The lowest BCUT2D eigenvalue weighted by Gasteiger charge is -2.41. The van der Waals surface area contributed by atoms with Crippen LogP contribution in [0.4, 0.5) is 0 Å². The fraction of sp³-hybridized carbons (Fsp3) is 0.538. The maximum atomic E-state index is 9.84. The highest BCUT2D eigenvalue weighted by molar-refractivity contribution is 5.21. The molecule has 1 aliphatic heterocycles. The molecule has 1 fully saturated rings. The minimum atomic E-state index is -1.55. The number of aliphatic hydroxyl groups excluding tert-OH is 5. The van der Waals surface area contributed by atoms with Gasteiger partial charge in [0.15, 0.2) is 0 Å². The first-order valence-electron chi connectivity index (χ1n) is 6.25. The standard InChI is InChI=1S/C13H18O7/c14-6-8(15)12-10(17)9(16)11(18)13(20-12)19-7-4-2-1-3-5-7/h1-5,8-18H,6H2/t8-,9-,10+,11-,12+,13-/m1/s1. The van der Waals surface area contributed by atoms with Gasteiger partial charge in [0.2, 0.25) is 6.29 Å². The Bertz CT molecular complexity index is 412. The van der Waals surface area contributed by atoms with Crippen LogP contribution in [0.25, 0.3) is 0 Å². The van der Waals surface area contributed by atoms with Crippen molar-refractivity contribution in [1.82, 2.24) is 0 Å². The monoisotopic (exact) mass is 286 g/mol. The molecule has 0 unspecified atom stereocenters. The van der Waals surface area contributed by atoms with Crippen LogP contribution in [0.15, 0.2) is 30.3 Å². The van der Waals surface area contributed by atoms with Gasteiger partial charge in [-0.05, 0) is 12.1 Å². The minimum absolute atomic E-state index is 0.400. The first kappa shape index (κ1) is 15.2. The summed E-state index contributed by atoms with van der Waals surface area (Å²) < 4.78 is 10.6. The zero-order chi connectivity index (χ0) is 14.7. The molecule has 1 aromatic rings. The van der Waals surface area contributed by atoms with Crippen molar-refractivity contribution >= 4 is 0 Å². The van der Waals surface area contributed by atoms with E-state index >= 15 is 0 Å². The molecule has 1 aliphatic rings. The Kier molecular flexibility index (Phi) is 4.92. The van der Waals surface area contributed by atoms with Crippen LogP contribution in [-0.2, 0) is 4.74 Å². The van der Waals surface area contributed by atoms with Gasteiger partial charge in [0.05, 0.1) is 6.61 Å². The van der Waals surface area contributed by atoms with Crippen molar-refractivity contribution in [2.75, 3.05) is 6.61 Å². The third-order valence-corrected chi connectivity index (χ3v) is 3.17. The number of hydrogen-bond donors (Lipinski definition) is 5. The van der Waals surface area contributed by atoms with E-state index in [-0.39, 0.29) is 0 Å². The summed E-state index contributed by atoms with van der Waals surface area (Å²) in [5, 5.41) is 47.8. The van der Waals surface area contributed by atoms with Gasteiger partial charge in [0.25, 0.3) is 0 Å². The maximum absolute atomic E-state index is 9.84. The summed E-state index contributed by atoms with van der Waals surface area (Å²) in [7, 11) is 0. The number of rotatable bonds is 4. The van der Waals surface area contributed by atoms with Crippen LogP contribution in [0.2, 0.25) is 0 Å². The molecule has 2 rings (SSSR count). The van der Waals surface area contributed by atoms with E-state index in [1.165, 1.54) is 0 Å². The summed E-state index contributed by atoms with van der Waals surface area (Å²) >= 11 is 0. The Morgan fingerprint density at radius 1 is 1.05 bits per heavy atom. The predicted octanol–water partition coefficient (Wildman–Crippen LogP) is -1.77. The molecule has 20 heavy (non-hydrogen) atoms. The molecule has 7 nitrogen and oxygen atoms in total. The Morgan fingerprint density at radius 3 is 2.30 bits per heavy atom. The fourth-order valence-corrected chi connectivity index (χ4v) is 2.03. The number of ether oxygens (including phenoxy) is 2. The third-order valence-electron chi connectivity index (χ3n) is 3.17. The normalized spacial score (nSPS) is 35.5. The van der Waals surface area contributed by atoms with Crippen molar-refractivity contribution < 1.29 is 35.0 Å². The van der Waals surface area contributed by atoms with Crippen LogP contribution in [0.1, 0.15) is 0 Å². The largest absolute Gasteiger partial charge is 0.462 e. The van der Waals surface area contributed by atoms with E-state index in [0.717, 1.165) is 0 Å². The molecular weight excluding hydrogens is 268 g/mol. The number of benzene rings is 1. The minimum Gasteiger partial charge on any atom is -0.462 e. The first-order chi connectivity index (χ1) is 9.54. The van der Waals surface area contributed by atoms with E-state index in [1.807, 2.05) is 0 Å². The summed E-state index contributed by atoms with van der Waals surface area (Å²) in [6, 6.07) is 8.48. The molecule has 1 aromatic carbocycles. The number of aliphatic hydroxyl groups is 5. The summed E-state index contributed by atoms with van der Waals surface area (Å²) in [4.78, 5) is 0. The van der Waals surface area contributed by atoms with Crippen LogP contribution in [-0.4, -0.2) is 68.9 Å². The van der Waals surface area contributed by atoms with E-state index in [0.29, 0.717) is 5.75 Å². The molecule has 6 atom stereocenters. The van der Waals surface area contributed by atoms with Gasteiger partial charge in [-0.3, -0.25) is 0 Å². The van der Waals surface area contributed by atoms with Gasteiger partial charge in [0, 0.05) is 0 Å². The van der Waals surface area contributed by atoms with Crippen LogP contribution >= 0.6 is 0 Å². The molecule has 0 spiro atoms. The summed E-state index contributed by atoms with van der Waals surface area (Å²) in [5.41, 5.74) is 0. The molecule has 5 N–H and O–H groups in total. The third kappa shape index (κ3) is 3.09. The predicted molar refractivity (Wildman–Crippen MR) is 66.8 cm³/mol.